The van der Waals surface area contributed by atoms with Crippen molar-refractivity contribution in [1.29, 1.82) is 0 Å². The fourth-order valence-corrected chi connectivity index (χ4v) is 6.14. The van der Waals surface area contributed by atoms with E-state index in [2.05, 4.69) is 10.2 Å². The van der Waals surface area contributed by atoms with Gasteiger partial charge in [-0.3, -0.25) is 4.79 Å². The fourth-order valence-electron chi connectivity index (χ4n) is 4.37. The first-order valence-electron chi connectivity index (χ1n) is 11.2. The molecule has 0 radical (unpaired) electrons. The van der Waals surface area contributed by atoms with Crippen LogP contribution in [0.3, 0.4) is 0 Å². The van der Waals surface area contributed by atoms with Crippen molar-refractivity contribution in [3.8, 4) is 0 Å². The normalized spacial score (nSPS) is 18.0. The van der Waals surface area contributed by atoms with E-state index in [1.165, 1.54) is 31.0 Å². The number of nitrogens with one attached hydrogen (secondary N) is 1. The van der Waals surface area contributed by atoms with Gasteiger partial charge in [0.05, 0.1) is 4.90 Å². The lowest BCUT2D eigenvalue weighted by molar-refractivity contribution is 0.102. The fraction of sp³-hybridized carbons (Fsp3) is 0.458. The number of piperidine rings is 2. The first kappa shape index (κ1) is 21.8. The molecule has 2 heterocycles. The van der Waals surface area contributed by atoms with E-state index in [1.807, 2.05) is 24.3 Å². The highest BCUT2D eigenvalue weighted by atomic mass is 32.2. The van der Waals surface area contributed by atoms with Crippen molar-refractivity contribution in [3.63, 3.8) is 0 Å². The second-order valence-corrected chi connectivity index (χ2v) is 10.4. The van der Waals surface area contributed by atoms with E-state index >= 15 is 0 Å². The summed E-state index contributed by atoms with van der Waals surface area (Å²) < 4.78 is 27.8. The van der Waals surface area contributed by atoms with Gasteiger partial charge in [-0.2, -0.15) is 4.31 Å². The minimum absolute atomic E-state index is 0.225. The molecule has 0 bridgehead atoms. The first-order chi connectivity index (χ1) is 14.9. The lowest BCUT2D eigenvalue weighted by Gasteiger charge is -2.28. The number of nitrogens with zero attached hydrogens (tertiary/aromatic N) is 2. The van der Waals surface area contributed by atoms with Crippen LogP contribution in [0.2, 0.25) is 0 Å². The summed E-state index contributed by atoms with van der Waals surface area (Å²) in [6, 6.07) is 12.8. The Hall–Kier alpha value is -2.38. The molecule has 6 nitrogen and oxygen atoms in total. The summed E-state index contributed by atoms with van der Waals surface area (Å²) in [4.78, 5) is 15.4. The third-order valence-corrected chi connectivity index (χ3v) is 8.27. The predicted molar refractivity (Wildman–Crippen MR) is 124 cm³/mol. The molecular weight excluding hydrogens is 410 g/mol. The average molecular weight is 442 g/mol. The van der Waals surface area contributed by atoms with Crippen LogP contribution in [0, 0.1) is 6.92 Å². The molecule has 0 spiro atoms. The van der Waals surface area contributed by atoms with Gasteiger partial charge in [-0.05, 0) is 81.0 Å². The zero-order chi connectivity index (χ0) is 21.8. The van der Waals surface area contributed by atoms with Crippen LogP contribution in [0.15, 0.2) is 47.4 Å². The smallest absolute Gasteiger partial charge is 0.255 e. The maximum atomic E-state index is 13.1. The van der Waals surface area contributed by atoms with E-state index in [0.717, 1.165) is 32.4 Å². The van der Waals surface area contributed by atoms with Crippen molar-refractivity contribution in [2.45, 2.75) is 50.3 Å². The molecule has 0 aliphatic carbocycles. The van der Waals surface area contributed by atoms with Gasteiger partial charge in [0, 0.05) is 43.1 Å². The van der Waals surface area contributed by atoms with Crippen LogP contribution in [0.5, 0.6) is 0 Å². The van der Waals surface area contributed by atoms with Gasteiger partial charge in [-0.25, -0.2) is 8.42 Å². The highest BCUT2D eigenvalue weighted by Gasteiger charge is 2.28. The Bertz CT molecular complexity index is 1020. The van der Waals surface area contributed by atoms with Crippen LogP contribution >= 0.6 is 0 Å². The minimum Gasteiger partial charge on any atom is -0.372 e. The molecule has 2 aliphatic rings. The quantitative estimate of drug-likeness (QED) is 0.746. The van der Waals surface area contributed by atoms with Gasteiger partial charge >= 0.3 is 0 Å². The second kappa shape index (κ2) is 9.40. The van der Waals surface area contributed by atoms with Gasteiger partial charge in [0.1, 0.15) is 0 Å². The van der Waals surface area contributed by atoms with Gasteiger partial charge < -0.3 is 10.2 Å². The Morgan fingerprint density at radius 1 is 0.839 bits per heavy atom. The number of benzene rings is 2. The summed E-state index contributed by atoms with van der Waals surface area (Å²) in [6.45, 7) is 5.01. The molecule has 2 aliphatic heterocycles. The van der Waals surface area contributed by atoms with E-state index < -0.39 is 10.0 Å². The van der Waals surface area contributed by atoms with Crippen LogP contribution < -0.4 is 10.2 Å². The number of aryl methyl sites for hydroxylation is 1. The Labute approximate surface area is 185 Å². The number of carbonyl (C=O) groups is 1. The largest absolute Gasteiger partial charge is 0.372 e. The number of amides is 1. The Kier molecular flexibility index (Phi) is 6.62. The third kappa shape index (κ3) is 4.93. The van der Waals surface area contributed by atoms with E-state index in [4.69, 9.17) is 0 Å². The molecule has 0 aromatic heterocycles. The number of sulfonamides is 1. The molecule has 0 saturated carbocycles. The Balaban J connectivity index is 1.49. The molecule has 1 amide bonds. The summed E-state index contributed by atoms with van der Waals surface area (Å²) >= 11 is 0. The highest BCUT2D eigenvalue weighted by molar-refractivity contribution is 7.89. The Morgan fingerprint density at radius 3 is 2.10 bits per heavy atom. The molecule has 4 rings (SSSR count). The van der Waals surface area contributed by atoms with Gasteiger partial charge in [-0.1, -0.05) is 12.5 Å². The molecule has 0 unspecified atom stereocenters. The zero-order valence-electron chi connectivity index (χ0n) is 18.1. The lowest BCUT2D eigenvalue weighted by Crippen LogP contribution is -2.36. The van der Waals surface area contributed by atoms with Crippen LogP contribution in [-0.4, -0.2) is 44.8 Å². The van der Waals surface area contributed by atoms with Crippen molar-refractivity contribution in [2.75, 3.05) is 36.4 Å². The Morgan fingerprint density at radius 2 is 1.45 bits per heavy atom. The molecule has 0 atom stereocenters. The zero-order valence-corrected chi connectivity index (χ0v) is 19.0. The number of rotatable bonds is 5. The molecule has 166 valence electrons. The van der Waals surface area contributed by atoms with E-state index in [0.29, 0.717) is 29.9 Å². The first-order valence-corrected chi connectivity index (χ1v) is 12.7. The van der Waals surface area contributed by atoms with Crippen molar-refractivity contribution >= 4 is 27.3 Å². The van der Waals surface area contributed by atoms with Gasteiger partial charge in [0.25, 0.3) is 5.91 Å². The maximum absolute atomic E-state index is 13.1. The number of hydrogen-bond donors (Lipinski definition) is 1. The number of anilines is 2. The molecule has 2 aromatic rings. The molecular formula is C24H31N3O3S. The predicted octanol–water partition coefficient (Wildman–Crippen LogP) is 4.41. The monoisotopic (exact) mass is 441 g/mol. The van der Waals surface area contributed by atoms with Crippen molar-refractivity contribution in [1.82, 2.24) is 4.31 Å². The van der Waals surface area contributed by atoms with E-state index in [9.17, 15) is 13.2 Å². The van der Waals surface area contributed by atoms with E-state index in [-0.39, 0.29) is 10.8 Å². The number of carbonyl (C=O) groups excluding carboxylic acids is 1. The highest BCUT2D eigenvalue weighted by Crippen LogP contribution is 2.26. The van der Waals surface area contributed by atoms with Gasteiger partial charge in [0.15, 0.2) is 0 Å². The van der Waals surface area contributed by atoms with Crippen LogP contribution in [0.4, 0.5) is 11.4 Å². The number of hydrogen-bond acceptors (Lipinski definition) is 4. The molecule has 2 fully saturated rings. The standard InChI is InChI=1S/C24H31N3O3S/c1-19-8-9-20(18-23(19)31(29,30)27-16-6-3-7-17-27)24(28)25-21-10-12-22(13-11-21)26-14-4-2-5-15-26/h8-13,18H,2-7,14-17H2,1H3,(H,25,28). The van der Waals surface area contributed by atoms with Gasteiger partial charge in [0.2, 0.25) is 10.0 Å². The molecule has 2 saturated heterocycles. The summed E-state index contributed by atoms with van der Waals surface area (Å²) in [5.74, 6) is -0.305. The van der Waals surface area contributed by atoms with E-state index in [1.54, 1.807) is 23.4 Å². The second-order valence-electron chi connectivity index (χ2n) is 8.49. The maximum Gasteiger partial charge on any atom is 0.255 e. The molecule has 31 heavy (non-hydrogen) atoms. The topological polar surface area (TPSA) is 69.7 Å². The van der Waals surface area contributed by atoms with Crippen molar-refractivity contribution in [3.05, 3.63) is 53.6 Å². The molecule has 2 aromatic carbocycles. The minimum atomic E-state index is -3.59. The van der Waals surface area contributed by atoms with Crippen LogP contribution in [-0.2, 0) is 10.0 Å². The van der Waals surface area contributed by atoms with Crippen LogP contribution in [0.1, 0.15) is 54.4 Å². The molecule has 1 N–H and O–H groups in total. The van der Waals surface area contributed by atoms with Crippen molar-refractivity contribution < 1.29 is 13.2 Å². The van der Waals surface area contributed by atoms with Crippen LogP contribution in [0.25, 0.3) is 0 Å². The van der Waals surface area contributed by atoms with Crippen molar-refractivity contribution in [2.24, 2.45) is 0 Å². The third-order valence-electron chi connectivity index (χ3n) is 6.23. The summed E-state index contributed by atoms with van der Waals surface area (Å²) in [6.07, 6.45) is 6.54. The summed E-state index contributed by atoms with van der Waals surface area (Å²) in [7, 11) is -3.59. The SMILES string of the molecule is Cc1ccc(C(=O)Nc2ccc(N3CCCCC3)cc2)cc1S(=O)(=O)N1CCCCC1. The molecule has 7 heteroatoms. The lowest BCUT2D eigenvalue weighted by atomic mass is 10.1. The average Bonchev–Trinajstić information content (AvgIpc) is 2.81. The van der Waals surface area contributed by atoms with Gasteiger partial charge in [-0.15, -0.1) is 0 Å². The summed E-state index contributed by atoms with van der Waals surface area (Å²) in [5.41, 5.74) is 2.88. The summed E-state index contributed by atoms with van der Waals surface area (Å²) in [5, 5.41) is 2.90.